The predicted molar refractivity (Wildman–Crippen MR) is 121 cm³/mol. The lowest BCUT2D eigenvalue weighted by Gasteiger charge is -2.19. The lowest BCUT2D eigenvalue weighted by atomic mass is 10.0. The van der Waals surface area contributed by atoms with Gasteiger partial charge in [0.2, 0.25) is 5.91 Å². The van der Waals surface area contributed by atoms with Crippen molar-refractivity contribution in [2.45, 2.75) is 31.3 Å². The van der Waals surface area contributed by atoms with Gasteiger partial charge in [-0.25, -0.2) is 0 Å². The summed E-state index contributed by atoms with van der Waals surface area (Å²) in [4.78, 5) is 42.0. The summed E-state index contributed by atoms with van der Waals surface area (Å²) in [6.45, 7) is 0. The topological polar surface area (TPSA) is 100 Å². The van der Waals surface area contributed by atoms with Gasteiger partial charge in [0, 0.05) is 36.1 Å². The van der Waals surface area contributed by atoms with Crippen molar-refractivity contribution in [3.05, 3.63) is 95.8 Å². The molecule has 7 heteroatoms. The van der Waals surface area contributed by atoms with Crippen molar-refractivity contribution in [2.24, 2.45) is 0 Å². The van der Waals surface area contributed by atoms with E-state index in [9.17, 15) is 14.4 Å². The second kappa shape index (κ2) is 9.87. The van der Waals surface area contributed by atoms with Crippen LogP contribution in [0.1, 0.15) is 39.1 Å². The zero-order valence-electron chi connectivity index (χ0n) is 17.5. The maximum atomic E-state index is 12.9. The zero-order chi connectivity index (χ0) is 22.3. The molecule has 1 aliphatic carbocycles. The van der Waals surface area contributed by atoms with Crippen molar-refractivity contribution in [1.82, 2.24) is 15.6 Å². The molecule has 0 saturated heterocycles. The van der Waals surface area contributed by atoms with Gasteiger partial charge in [-0.3, -0.25) is 19.4 Å². The van der Waals surface area contributed by atoms with Crippen LogP contribution in [0.25, 0.3) is 0 Å². The van der Waals surface area contributed by atoms with E-state index in [4.69, 9.17) is 0 Å². The van der Waals surface area contributed by atoms with Crippen LogP contribution in [0.2, 0.25) is 0 Å². The Hall–Kier alpha value is -4.00. The van der Waals surface area contributed by atoms with Crippen molar-refractivity contribution < 1.29 is 14.4 Å². The SMILES string of the molecule is O=C(Nc1cccc(C(=O)NC(Cc2ccccc2)C(=O)NC2CC2)c1)c1cccnc1. The van der Waals surface area contributed by atoms with Gasteiger partial charge in [-0.2, -0.15) is 0 Å². The first-order valence-corrected chi connectivity index (χ1v) is 10.5. The molecule has 2 aromatic carbocycles. The van der Waals surface area contributed by atoms with E-state index in [0.717, 1.165) is 18.4 Å². The van der Waals surface area contributed by atoms with Crippen LogP contribution < -0.4 is 16.0 Å². The fourth-order valence-corrected chi connectivity index (χ4v) is 3.27. The smallest absolute Gasteiger partial charge is 0.257 e. The summed E-state index contributed by atoms with van der Waals surface area (Å²) in [5, 5.41) is 8.59. The molecule has 3 amide bonds. The lowest BCUT2D eigenvalue weighted by molar-refractivity contribution is -0.123. The van der Waals surface area contributed by atoms with E-state index in [-0.39, 0.29) is 23.8 Å². The van der Waals surface area contributed by atoms with Crippen LogP contribution in [0.3, 0.4) is 0 Å². The van der Waals surface area contributed by atoms with Crippen LogP contribution in [-0.4, -0.2) is 34.8 Å². The van der Waals surface area contributed by atoms with E-state index < -0.39 is 6.04 Å². The molecule has 162 valence electrons. The van der Waals surface area contributed by atoms with Crippen molar-refractivity contribution in [1.29, 1.82) is 0 Å². The Morgan fingerprint density at radius 3 is 2.41 bits per heavy atom. The number of benzene rings is 2. The summed E-state index contributed by atoms with van der Waals surface area (Å²) in [5.74, 6) is -0.887. The van der Waals surface area contributed by atoms with Gasteiger partial charge in [0.1, 0.15) is 6.04 Å². The number of carbonyl (C=O) groups excluding carboxylic acids is 3. The van der Waals surface area contributed by atoms with Gasteiger partial charge >= 0.3 is 0 Å². The Bertz CT molecular complexity index is 1100. The average molecular weight is 428 g/mol. The van der Waals surface area contributed by atoms with Crippen molar-refractivity contribution in [3.63, 3.8) is 0 Å². The van der Waals surface area contributed by atoms with Crippen LogP contribution in [0.4, 0.5) is 5.69 Å². The highest BCUT2D eigenvalue weighted by atomic mass is 16.2. The molecule has 0 spiro atoms. The fourth-order valence-electron chi connectivity index (χ4n) is 3.27. The fraction of sp³-hybridized carbons (Fsp3) is 0.200. The first kappa shape index (κ1) is 21.2. The van der Waals surface area contributed by atoms with E-state index >= 15 is 0 Å². The molecule has 3 N–H and O–H groups in total. The number of nitrogens with one attached hydrogen (secondary N) is 3. The van der Waals surface area contributed by atoms with E-state index in [0.29, 0.717) is 23.2 Å². The molecule has 1 saturated carbocycles. The summed E-state index contributed by atoms with van der Waals surface area (Å²) >= 11 is 0. The third kappa shape index (κ3) is 5.78. The molecule has 1 atom stereocenters. The Morgan fingerprint density at radius 1 is 0.906 bits per heavy atom. The van der Waals surface area contributed by atoms with Gasteiger partial charge in [0.25, 0.3) is 11.8 Å². The Labute approximate surface area is 186 Å². The quantitative estimate of drug-likeness (QED) is 0.514. The first-order chi connectivity index (χ1) is 15.6. The molecule has 1 fully saturated rings. The van der Waals surface area contributed by atoms with Gasteiger partial charge in [0.05, 0.1) is 5.56 Å². The highest BCUT2D eigenvalue weighted by molar-refractivity contribution is 6.05. The minimum atomic E-state index is -0.695. The van der Waals surface area contributed by atoms with Crippen LogP contribution >= 0.6 is 0 Å². The molecule has 0 radical (unpaired) electrons. The number of anilines is 1. The normalized spacial score (nSPS) is 13.6. The van der Waals surface area contributed by atoms with Crippen LogP contribution in [0.15, 0.2) is 79.1 Å². The van der Waals surface area contributed by atoms with E-state index in [2.05, 4.69) is 20.9 Å². The molecule has 4 rings (SSSR count). The van der Waals surface area contributed by atoms with Crippen LogP contribution in [0.5, 0.6) is 0 Å². The number of amides is 3. The summed E-state index contributed by atoms with van der Waals surface area (Å²) in [7, 11) is 0. The molecular formula is C25H24N4O3. The van der Waals surface area contributed by atoms with E-state index in [1.54, 1.807) is 42.6 Å². The molecule has 7 nitrogen and oxygen atoms in total. The average Bonchev–Trinajstić information content (AvgIpc) is 3.64. The van der Waals surface area contributed by atoms with Gasteiger partial charge in [-0.05, 0) is 48.7 Å². The zero-order valence-corrected chi connectivity index (χ0v) is 17.5. The minimum absolute atomic E-state index is 0.189. The molecular weight excluding hydrogens is 404 g/mol. The number of carbonyl (C=O) groups is 3. The van der Waals surface area contributed by atoms with Crippen molar-refractivity contribution in [3.8, 4) is 0 Å². The van der Waals surface area contributed by atoms with Crippen molar-refractivity contribution in [2.75, 3.05) is 5.32 Å². The number of aromatic nitrogens is 1. The van der Waals surface area contributed by atoms with Crippen molar-refractivity contribution >= 4 is 23.4 Å². The molecule has 1 aliphatic rings. The van der Waals surface area contributed by atoms with Gasteiger partial charge in [-0.1, -0.05) is 36.4 Å². The highest BCUT2D eigenvalue weighted by Crippen LogP contribution is 2.19. The third-order valence-corrected chi connectivity index (χ3v) is 5.13. The molecule has 3 aromatic rings. The molecule has 0 bridgehead atoms. The largest absolute Gasteiger partial charge is 0.352 e. The maximum Gasteiger partial charge on any atom is 0.257 e. The van der Waals surface area contributed by atoms with E-state index in [1.165, 1.54) is 6.20 Å². The summed E-state index contributed by atoms with van der Waals surface area (Å²) in [5.41, 5.74) is 2.21. The predicted octanol–water partition coefficient (Wildman–Crippen LogP) is 2.95. The van der Waals surface area contributed by atoms with Gasteiger partial charge in [-0.15, -0.1) is 0 Å². The molecule has 32 heavy (non-hydrogen) atoms. The molecule has 1 heterocycles. The van der Waals surface area contributed by atoms with Gasteiger partial charge < -0.3 is 16.0 Å². The Morgan fingerprint density at radius 2 is 1.69 bits per heavy atom. The Kier molecular flexibility index (Phi) is 6.55. The number of rotatable bonds is 8. The summed E-state index contributed by atoms with van der Waals surface area (Å²) < 4.78 is 0. The molecule has 1 aromatic heterocycles. The second-order valence-corrected chi connectivity index (χ2v) is 7.78. The molecule has 0 aliphatic heterocycles. The standard InChI is InChI=1S/C25H24N4O3/c30-23(18-8-4-10-21(15-18)28-24(31)19-9-5-13-26-16-19)29-22(25(32)27-20-11-12-20)14-17-6-2-1-3-7-17/h1-10,13,15-16,20,22H,11-12,14H2,(H,27,32)(H,28,31)(H,29,30). The lowest BCUT2D eigenvalue weighted by Crippen LogP contribution is -2.48. The number of hydrogen-bond acceptors (Lipinski definition) is 4. The molecule has 1 unspecified atom stereocenters. The second-order valence-electron chi connectivity index (χ2n) is 7.78. The minimum Gasteiger partial charge on any atom is -0.352 e. The Balaban J connectivity index is 1.45. The van der Waals surface area contributed by atoms with Crippen LogP contribution in [0, 0.1) is 0 Å². The maximum absolute atomic E-state index is 12.9. The monoisotopic (exact) mass is 428 g/mol. The number of pyridine rings is 1. The number of nitrogens with zero attached hydrogens (tertiary/aromatic N) is 1. The third-order valence-electron chi connectivity index (χ3n) is 5.13. The highest BCUT2D eigenvalue weighted by Gasteiger charge is 2.28. The van der Waals surface area contributed by atoms with Gasteiger partial charge in [0.15, 0.2) is 0 Å². The van der Waals surface area contributed by atoms with E-state index in [1.807, 2.05) is 30.3 Å². The van der Waals surface area contributed by atoms with Crippen LogP contribution in [-0.2, 0) is 11.2 Å². The summed E-state index contributed by atoms with van der Waals surface area (Å²) in [6.07, 6.45) is 5.39. The number of hydrogen-bond donors (Lipinski definition) is 3. The first-order valence-electron chi connectivity index (χ1n) is 10.5. The summed E-state index contributed by atoms with van der Waals surface area (Å²) in [6, 6.07) is 19.0.